The Hall–Kier alpha value is -1.33. The molecule has 0 aromatic carbocycles. The third-order valence-electron chi connectivity index (χ3n) is 6.68. The topological polar surface area (TPSA) is 39.3 Å². The summed E-state index contributed by atoms with van der Waals surface area (Å²) in [6.07, 6.45) is 8.05. The van der Waals surface area contributed by atoms with Crippen LogP contribution in [0.2, 0.25) is 0 Å². The van der Waals surface area contributed by atoms with Crippen molar-refractivity contribution in [2.75, 3.05) is 32.7 Å². The smallest absolute Gasteiger partial charge is 0.270 e. The SMILES string of the molecule is O=C(c1cc2sccc2[nH]1)N1CCC2(CCCN(CC3CCC3)C2)C1. The van der Waals surface area contributed by atoms with Gasteiger partial charge in [-0.25, -0.2) is 0 Å². The average Bonchev–Trinajstić information content (AvgIpc) is 3.25. The lowest BCUT2D eigenvalue weighted by Gasteiger charge is -2.43. The molecule has 1 aliphatic carbocycles. The maximum absolute atomic E-state index is 12.9. The molecule has 134 valence electrons. The van der Waals surface area contributed by atoms with Crippen LogP contribution < -0.4 is 0 Å². The number of carbonyl (C=O) groups excluding carboxylic acids is 1. The third kappa shape index (κ3) is 2.91. The van der Waals surface area contributed by atoms with Crippen LogP contribution in [0.25, 0.3) is 10.2 Å². The van der Waals surface area contributed by atoms with Crippen molar-refractivity contribution >= 4 is 27.5 Å². The van der Waals surface area contributed by atoms with E-state index < -0.39 is 0 Å². The summed E-state index contributed by atoms with van der Waals surface area (Å²) in [5.41, 5.74) is 2.20. The molecule has 1 amide bonds. The number of rotatable bonds is 3. The molecule has 0 radical (unpaired) electrons. The quantitative estimate of drug-likeness (QED) is 0.903. The van der Waals surface area contributed by atoms with E-state index in [-0.39, 0.29) is 5.91 Å². The molecule has 3 fully saturated rings. The Bertz CT molecular complexity index is 748. The van der Waals surface area contributed by atoms with E-state index >= 15 is 0 Å². The Morgan fingerprint density at radius 3 is 2.96 bits per heavy atom. The zero-order valence-electron chi connectivity index (χ0n) is 14.8. The first kappa shape index (κ1) is 15.9. The highest BCUT2D eigenvalue weighted by molar-refractivity contribution is 7.17. The molecule has 25 heavy (non-hydrogen) atoms. The fraction of sp³-hybridized carbons (Fsp3) is 0.650. The monoisotopic (exact) mass is 357 g/mol. The van der Waals surface area contributed by atoms with Crippen LogP contribution in [0.15, 0.2) is 17.5 Å². The number of H-pyrrole nitrogens is 1. The Kier molecular flexibility index (Phi) is 3.90. The van der Waals surface area contributed by atoms with Crippen LogP contribution in [0, 0.1) is 11.3 Å². The first-order valence-corrected chi connectivity index (χ1v) is 10.7. The van der Waals surface area contributed by atoms with Gasteiger partial charge in [0.25, 0.3) is 5.91 Å². The van der Waals surface area contributed by atoms with Gasteiger partial charge in [0.05, 0.1) is 10.2 Å². The molecule has 4 heterocycles. The number of thiophene rings is 1. The number of nitrogens with zero attached hydrogens (tertiary/aromatic N) is 2. The van der Waals surface area contributed by atoms with E-state index in [9.17, 15) is 4.79 Å². The van der Waals surface area contributed by atoms with E-state index in [4.69, 9.17) is 0 Å². The van der Waals surface area contributed by atoms with Gasteiger partial charge in [-0.3, -0.25) is 4.79 Å². The molecule has 2 saturated heterocycles. The van der Waals surface area contributed by atoms with Gasteiger partial charge in [0.1, 0.15) is 5.69 Å². The highest BCUT2D eigenvalue weighted by Gasteiger charge is 2.43. The number of aromatic nitrogens is 1. The zero-order valence-corrected chi connectivity index (χ0v) is 15.6. The van der Waals surface area contributed by atoms with Crippen molar-refractivity contribution in [3.8, 4) is 0 Å². The molecule has 3 aliphatic rings. The van der Waals surface area contributed by atoms with Crippen molar-refractivity contribution in [1.29, 1.82) is 0 Å². The molecule has 0 bridgehead atoms. The molecule has 1 unspecified atom stereocenters. The van der Waals surface area contributed by atoms with E-state index in [2.05, 4.69) is 26.2 Å². The van der Waals surface area contributed by atoms with Crippen LogP contribution in [0.4, 0.5) is 0 Å². The van der Waals surface area contributed by atoms with Gasteiger partial charge >= 0.3 is 0 Å². The number of likely N-dealkylation sites (tertiary alicyclic amines) is 2. The van der Waals surface area contributed by atoms with Gasteiger partial charge in [0.15, 0.2) is 0 Å². The van der Waals surface area contributed by atoms with Crippen LogP contribution in [0.1, 0.15) is 49.0 Å². The summed E-state index contributed by atoms with van der Waals surface area (Å²) >= 11 is 1.69. The van der Waals surface area contributed by atoms with Crippen molar-refractivity contribution < 1.29 is 4.79 Å². The lowest BCUT2D eigenvalue weighted by atomic mass is 9.78. The number of amides is 1. The minimum atomic E-state index is 0.191. The summed E-state index contributed by atoms with van der Waals surface area (Å²) in [5, 5.41) is 2.07. The third-order valence-corrected chi connectivity index (χ3v) is 7.54. The second-order valence-electron chi connectivity index (χ2n) is 8.49. The Morgan fingerprint density at radius 2 is 2.16 bits per heavy atom. The highest BCUT2D eigenvalue weighted by Crippen LogP contribution is 2.40. The molecule has 1 N–H and O–H groups in total. The van der Waals surface area contributed by atoms with Crippen LogP contribution in [-0.2, 0) is 0 Å². The van der Waals surface area contributed by atoms with Crippen molar-refractivity contribution in [2.24, 2.45) is 11.3 Å². The average molecular weight is 358 g/mol. The van der Waals surface area contributed by atoms with Gasteiger partial charge in [-0.05, 0) is 62.1 Å². The minimum Gasteiger partial charge on any atom is -0.350 e. The zero-order chi connectivity index (χ0) is 16.9. The van der Waals surface area contributed by atoms with Crippen molar-refractivity contribution in [1.82, 2.24) is 14.8 Å². The summed E-state index contributed by atoms with van der Waals surface area (Å²) in [6.45, 7) is 5.62. The number of hydrogen-bond donors (Lipinski definition) is 1. The molecule has 1 spiro atoms. The molecule has 4 nitrogen and oxygen atoms in total. The maximum Gasteiger partial charge on any atom is 0.270 e. The fourth-order valence-electron chi connectivity index (χ4n) is 5.08. The van der Waals surface area contributed by atoms with Gasteiger partial charge in [-0.2, -0.15) is 0 Å². The van der Waals surface area contributed by atoms with Crippen molar-refractivity contribution in [2.45, 2.75) is 38.5 Å². The molecular formula is C20H27N3OS. The van der Waals surface area contributed by atoms with Gasteiger partial charge in [-0.1, -0.05) is 6.42 Å². The summed E-state index contributed by atoms with van der Waals surface area (Å²) < 4.78 is 1.18. The summed E-state index contributed by atoms with van der Waals surface area (Å²) in [7, 11) is 0. The lowest BCUT2D eigenvalue weighted by Crippen LogP contribution is -2.47. The molecular weight excluding hydrogens is 330 g/mol. The van der Waals surface area contributed by atoms with E-state index in [0.717, 1.165) is 30.2 Å². The second-order valence-corrected chi connectivity index (χ2v) is 9.44. The fourth-order valence-corrected chi connectivity index (χ4v) is 5.86. The molecule has 2 aromatic rings. The largest absolute Gasteiger partial charge is 0.350 e. The number of aromatic amines is 1. The summed E-state index contributed by atoms with van der Waals surface area (Å²) in [4.78, 5) is 21.0. The van der Waals surface area contributed by atoms with Crippen LogP contribution in [-0.4, -0.2) is 53.4 Å². The van der Waals surface area contributed by atoms with E-state index in [1.54, 1.807) is 11.3 Å². The van der Waals surface area contributed by atoms with Crippen molar-refractivity contribution in [3.63, 3.8) is 0 Å². The van der Waals surface area contributed by atoms with E-state index in [0.29, 0.717) is 5.41 Å². The first-order chi connectivity index (χ1) is 12.2. The number of nitrogens with one attached hydrogen (secondary N) is 1. The van der Waals surface area contributed by atoms with Crippen LogP contribution in [0.3, 0.4) is 0 Å². The van der Waals surface area contributed by atoms with Gasteiger partial charge in [-0.15, -0.1) is 11.3 Å². The normalized spacial score (nSPS) is 28.1. The standard InChI is InChI=1S/C20H27N3OS/c24-19(17-11-18-16(21-17)5-10-25-18)23-9-7-20(14-23)6-2-8-22(13-20)12-15-3-1-4-15/h5,10-11,15,21H,1-4,6-9,12-14H2. The second kappa shape index (κ2) is 6.13. The predicted molar refractivity (Wildman–Crippen MR) is 102 cm³/mol. The Balaban J connectivity index is 1.26. The van der Waals surface area contributed by atoms with E-state index in [1.165, 1.54) is 62.9 Å². The number of fused-ring (bicyclic) bond motifs is 1. The number of carbonyl (C=O) groups is 1. The Morgan fingerprint density at radius 1 is 1.24 bits per heavy atom. The Labute approximate surface area is 153 Å². The van der Waals surface area contributed by atoms with Crippen LogP contribution >= 0.6 is 11.3 Å². The molecule has 5 heteroatoms. The maximum atomic E-state index is 12.9. The van der Waals surface area contributed by atoms with Gasteiger partial charge in [0.2, 0.25) is 0 Å². The summed E-state index contributed by atoms with van der Waals surface area (Å²) in [6, 6.07) is 4.08. The molecule has 1 saturated carbocycles. The number of piperidine rings is 1. The van der Waals surface area contributed by atoms with Gasteiger partial charge < -0.3 is 14.8 Å². The molecule has 1 atom stereocenters. The van der Waals surface area contributed by atoms with E-state index in [1.807, 2.05) is 6.07 Å². The molecule has 5 rings (SSSR count). The van der Waals surface area contributed by atoms with Crippen molar-refractivity contribution in [3.05, 3.63) is 23.2 Å². The summed E-state index contributed by atoms with van der Waals surface area (Å²) in [5.74, 6) is 1.14. The number of hydrogen-bond acceptors (Lipinski definition) is 3. The molecule has 2 aromatic heterocycles. The van der Waals surface area contributed by atoms with Gasteiger partial charge in [0, 0.05) is 31.6 Å². The lowest BCUT2D eigenvalue weighted by molar-refractivity contribution is 0.0592. The molecule has 2 aliphatic heterocycles. The highest BCUT2D eigenvalue weighted by atomic mass is 32.1. The predicted octanol–water partition coefficient (Wildman–Crippen LogP) is 3.96. The first-order valence-electron chi connectivity index (χ1n) is 9.79. The minimum absolute atomic E-state index is 0.191. The van der Waals surface area contributed by atoms with Crippen LogP contribution in [0.5, 0.6) is 0 Å².